The van der Waals surface area contributed by atoms with Gasteiger partial charge in [-0.25, -0.2) is 17.2 Å². The number of nitrogens with zero attached hydrogens (tertiary/aromatic N) is 1. The Hall–Kier alpha value is -1.21. The topological polar surface area (TPSA) is 54.5 Å². The molecule has 8 heteroatoms. The third kappa shape index (κ3) is 2.62. The first-order chi connectivity index (χ1) is 8.27. The Morgan fingerprint density at radius 3 is 2.22 bits per heavy atom. The average Bonchev–Trinajstić information content (AvgIpc) is 2.58. The summed E-state index contributed by atoms with van der Waals surface area (Å²) in [6.07, 6.45) is -0.288. The fourth-order valence-corrected chi connectivity index (χ4v) is 2.83. The maximum Gasteiger partial charge on any atom is 0.237 e. The van der Waals surface area contributed by atoms with E-state index in [9.17, 15) is 22.0 Å². The molecule has 0 radical (unpaired) electrons. The van der Waals surface area contributed by atoms with Crippen molar-refractivity contribution < 1.29 is 22.0 Å². The van der Waals surface area contributed by atoms with Gasteiger partial charge < -0.3 is 4.90 Å². The summed E-state index contributed by atoms with van der Waals surface area (Å²) in [5, 5.41) is -1.06. The quantitative estimate of drug-likeness (QED) is 0.780. The second-order valence-electron chi connectivity index (χ2n) is 3.93. The smallest absolute Gasteiger partial charge is 0.237 e. The molecule has 1 fully saturated rings. The maximum atomic E-state index is 13.0. The lowest BCUT2D eigenvalue weighted by Gasteiger charge is -2.16. The zero-order valence-corrected chi connectivity index (χ0v) is 10.5. The number of benzene rings is 1. The minimum atomic E-state index is -3.87. The highest BCUT2D eigenvalue weighted by Crippen LogP contribution is 2.27. The van der Waals surface area contributed by atoms with Crippen molar-refractivity contribution in [3.8, 4) is 0 Å². The van der Waals surface area contributed by atoms with Gasteiger partial charge in [-0.15, -0.1) is 0 Å². The zero-order valence-electron chi connectivity index (χ0n) is 8.94. The monoisotopic (exact) mass is 295 g/mol. The summed E-state index contributed by atoms with van der Waals surface area (Å²) in [6, 6.07) is 2.59. The summed E-state index contributed by atoms with van der Waals surface area (Å²) in [5.41, 5.74) is -0.0136. The van der Waals surface area contributed by atoms with Crippen LogP contribution in [0.4, 0.5) is 14.5 Å². The number of anilines is 1. The molecule has 4 nitrogen and oxygen atoms in total. The lowest BCUT2D eigenvalue weighted by atomic mass is 10.3. The number of hydrogen-bond acceptors (Lipinski definition) is 3. The van der Waals surface area contributed by atoms with Crippen LogP contribution in [0.3, 0.4) is 0 Å². The van der Waals surface area contributed by atoms with Crippen LogP contribution in [0.2, 0.25) is 0 Å². The minimum Gasteiger partial charge on any atom is -0.311 e. The second kappa shape index (κ2) is 4.47. The van der Waals surface area contributed by atoms with E-state index in [1.54, 1.807) is 0 Å². The molecular formula is C10H8ClF2NO3S. The Labute approximate surface area is 107 Å². The van der Waals surface area contributed by atoms with Crippen LogP contribution in [0.1, 0.15) is 6.42 Å². The predicted molar refractivity (Wildman–Crippen MR) is 61.9 cm³/mol. The molecule has 0 aliphatic carbocycles. The van der Waals surface area contributed by atoms with Gasteiger partial charge in [-0.2, -0.15) is 0 Å². The largest absolute Gasteiger partial charge is 0.311 e. The van der Waals surface area contributed by atoms with Crippen molar-refractivity contribution >= 4 is 31.3 Å². The van der Waals surface area contributed by atoms with Crippen LogP contribution in [0, 0.1) is 11.6 Å². The number of carbonyl (C=O) groups excluding carboxylic acids is 1. The molecule has 1 heterocycles. The fourth-order valence-electron chi connectivity index (χ4n) is 1.81. The molecule has 1 amide bonds. The number of rotatable bonds is 2. The molecule has 1 aliphatic rings. The SMILES string of the molecule is O=C1CC(S(=O)(=O)Cl)CN1c1cc(F)cc(F)c1. The van der Waals surface area contributed by atoms with Gasteiger partial charge in [0.05, 0.1) is 0 Å². The maximum absolute atomic E-state index is 13.0. The van der Waals surface area contributed by atoms with Gasteiger partial charge in [0.15, 0.2) is 0 Å². The first kappa shape index (κ1) is 13.2. The Morgan fingerprint density at radius 1 is 1.22 bits per heavy atom. The number of carbonyl (C=O) groups is 1. The molecule has 0 aromatic heterocycles. The van der Waals surface area contributed by atoms with Gasteiger partial charge in [-0.1, -0.05) is 0 Å². The van der Waals surface area contributed by atoms with Crippen LogP contribution >= 0.6 is 10.7 Å². The van der Waals surface area contributed by atoms with E-state index in [1.165, 1.54) is 0 Å². The second-order valence-corrected chi connectivity index (χ2v) is 6.84. The van der Waals surface area contributed by atoms with Gasteiger partial charge >= 0.3 is 0 Å². The minimum absolute atomic E-state index is 0.0136. The normalized spacial score (nSPS) is 20.5. The van der Waals surface area contributed by atoms with Gasteiger partial charge in [-0.05, 0) is 12.1 Å². The third-order valence-electron chi connectivity index (χ3n) is 2.65. The van der Waals surface area contributed by atoms with E-state index < -0.39 is 31.8 Å². The zero-order chi connectivity index (χ0) is 13.5. The first-order valence-corrected chi connectivity index (χ1v) is 7.34. The van der Waals surface area contributed by atoms with E-state index in [2.05, 4.69) is 0 Å². The van der Waals surface area contributed by atoms with E-state index in [-0.39, 0.29) is 18.7 Å². The molecule has 0 bridgehead atoms. The Bertz CT molecular complexity index is 585. The highest BCUT2D eigenvalue weighted by Gasteiger charge is 2.38. The molecular weight excluding hydrogens is 288 g/mol. The van der Waals surface area contributed by atoms with E-state index in [0.717, 1.165) is 17.0 Å². The van der Waals surface area contributed by atoms with Gasteiger partial charge in [0.25, 0.3) is 0 Å². The summed E-state index contributed by atoms with van der Waals surface area (Å²) in [7, 11) is 1.29. The lowest BCUT2D eigenvalue weighted by molar-refractivity contribution is -0.117. The standard InChI is InChI=1S/C10H8ClF2NO3S/c11-18(16,17)9-4-10(15)14(5-9)8-2-6(12)1-7(13)3-8/h1-3,9H,4-5H2. The summed E-state index contributed by atoms with van der Waals surface area (Å²) in [5.74, 6) is -2.21. The van der Waals surface area contributed by atoms with Crippen molar-refractivity contribution in [2.24, 2.45) is 0 Å². The highest BCUT2D eigenvalue weighted by atomic mass is 35.7. The Kier molecular flexibility index (Phi) is 3.29. The first-order valence-electron chi connectivity index (χ1n) is 4.97. The number of hydrogen-bond donors (Lipinski definition) is 0. The summed E-state index contributed by atoms with van der Waals surface area (Å²) in [4.78, 5) is 12.6. The van der Waals surface area contributed by atoms with Crippen molar-refractivity contribution in [2.75, 3.05) is 11.4 Å². The molecule has 1 unspecified atom stereocenters. The van der Waals surface area contributed by atoms with Crippen molar-refractivity contribution in [1.29, 1.82) is 0 Å². The van der Waals surface area contributed by atoms with Crippen LogP contribution in [-0.4, -0.2) is 26.1 Å². The average molecular weight is 296 g/mol. The molecule has 0 N–H and O–H groups in total. The lowest BCUT2D eigenvalue weighted by Crippen LogP contribution is -2.26. The van der Waals surface area contributed by atoms with Crippen LogP contribution < -0.4 is 4.90 Å². The van der Waals surface area contributed by atoms with E-state index in [4.69, 9.17) is 10.7 Å². The molecule has 1 aromatic rings. The van der Waals surface area contributed by atoms with E-state index in [1.807, 2.05) is 0 Å². The molecule has 1 saturated heterocycles. The molecule has 1 aliphatic heterocycles. The molecule has 0 saturated carbocycles. The van der Waals surface area contributed by atoms with Gasteiger partial charge in [-0.3, -0.25) is 4.79 Å². The van der Waals surface area contributed by atoms with Crippen LogP contribution in [0.25, 0.3) is 0 Å². The van der Waals surface area contributed by atoms with Crippen molar-refractivity contribution in [1.82, 2.24) is 0 Å². The van der Waals surface area contributed by atoms with E-state index >= 15 is 0 Å². The van der Waals surface area contributed by atoms with E-state index in [0.29, 0.717) is 6.07 Å². The number of halogens is 3. The Balaban J connectivity index is 2.32. The molecule has 18 heavy (non-hydrogen) atoms. The third-order valence-corrected chi connectivity index (χ3v) is 4.51. The van der Waals surface area contributed by atoms with Crippen LogP contribution in [0.15, 0.2) is 18.2 Å². The van der Waals surface area contributed by atoms with Gasteiger partial charge in [0.1, 0.15) is 16.9 Å². The molecule has 1 atom stereocenters. The van der Waals surface area contributed by atoms with Crippen molar-refractivity contribution in [3.05, 3.63) is 29.8 Å². The summed E-state index contributed by atoms with van der Waals surface area (Å²) < 4.78 is 48.3. The van der Waals surface area contributed by atoms with Crippen molar-refractivity contribution in [3.63, 3.8) is 0 Å². The fraction of sp³-hybridized carbons (Fsp3) is 0.300. The molecule has 98 valence electrons. The summed E-state index contributed by atoms with van der Waals surface area (Å²) in [6.45, 7) is -0.201. The molecule has 2 rings (SSSR count). The predicted octanol–water partition coefficient (Wildman–Crippen LogP) is 1.64. The van der Waals surface area contributed by atoms with Crippen LogP contribution in [0.5, 0.6) is 0 Å². The molecule has 1 aromatic carbocycles. The summed E-state index contributed by atoms with van der Waals surface area (Å²) >= 11 is 0. The van der Waals surface area contributed by atoms with Gasteiger partial charge in [0.2, 0.25) is 15.0 Å². The highest BCUT2D eigenvalue weighted by molar-refractivity contribution is 8.14. The Morgan fingerprint density at radius 2 is 1.78 bits per heavy atom. The van der Waals surface area contributed by atoms with Crippen LogP contribution in [-0.2, 0) is 13.8 Å². The number of amides is 1. The van der Waals surface area contributed by atoms with Gasteiger partial charge in [0, 0.05) is 35.4 Å². The van der Waals surface area contributed by atoms with Crippen molar-refractivity contribution in [2.45, 2.75) is 11.7 Å². The molecule has 0 spiro atoms.